The topological polar surface area (TPSA) is 97.0 Å². The van der Waals surface area contributed by atoms with Gasteiger partial charge < -0.3 is 14.7 Å². The fourth-order valence-corrected chi connectivity index (χ4v) is 3.05. The summed E-state index contributed by atoms with van der Waals surface area (Å²) in [6, 6.07) is 7.13. The summed E-state index contributed by atoms with van der Waals surface area (Å²) < 4.78 is 5.25. The molecular formula is C19H20N6O2. The van der Waals surface area contributed by atoms with Gasteiger partial charge in [0.1, 0.15) is 0 Å². The van der Waals surface area contributed by atoms with E-state index >= 15 is 0 Å². The number of anilines is 1. The summed E-state index contributed by atoms with van der Waals surface area (Å²) in [5.41, 5.74) is 2.65. The van der Waals surface area contributed by atoms with Crippen molar-refractivity contribution in [1.29, 1.82) is 0 Å². The molecule has 0 aliphatic carbocycles. The highest BCUT2D eigenvalue weighted by Gasteiger charge is 2.17. The van der Waals surface area contributed by atoms with E-state index in [0.29, 0.717) is 12.3 Å². The Balaban J connectivity index is 1.43. The summed E-state index contributed by atoms with van der Waals surface area (Å²) >= 11 is 0. The summed E-state index contributed by atoms with van der Waals surface area (Å²) in [5, 5.41) is 6.69. The lowest BCUT2D eigenvalue weighted by molar-refractivity contribution is 0.0941. The summed E-state index contributed by atoms with van der Waals surface area (Å²) in [6.45, 7) is 4.19. The number of amides is 1. The molecule has 4 heterocycles. The van der Waals surface area contributed by atoms with E-state index in [0.717, 1.165) is 48.8 Å². The zero-order valence-electron chi connectivity index (χ0n) is 15.1. The van der Waals surface area contributed by atoms with Gasteiger partial charge in [-0.25, -0.2) is 9.97 Å². The van der Waals surface area contributed by atoms with Crippen molar-refractivity contribution >= 4 is 11.9 Å². The van der Waals surface area contributed by atoms with Crippen molar-refractivity contribution in [2.45, 2.75) is 26.3 Å². The van der Waals surface area contributed by atoms with Crippen LogP contribution in [0.3, 0.4) is 0 Å². The standard InChI is InChI=1S/C19H20N6O2/c1-13-9-15(23-19(22-13)25-7-2-3-8-25)12-21-18(26)16-10-17(27-24-16)14-5-4-6-20-11-14/h4-6,9-11H,2-3,7-8,12H2,1H3,(H,21,26). The largest absolute Gasteiger partial charge is 0.355 e. The van der Waals surface area contributed by atoms with Gasteiger partial charge in [-0.05, 0) is 38.0 Å². The van der Waals surface area contributed by atoms with Crippen molar-refractivity contribution in [1.82, 2.24) is 25.4 Å². The molecule has 27 heavy (non-hydrogen) atoms. The van der Waals surface area contributed by atoms with E-state index in [2.05, 4.69) is 30.3 Å². The van der Waals surface area contributed by atoms with E-state index in [1.807, 2.05) is 19.1 Å². The Morgan fingerprint density at radius 1 is 1.26 bits per heavy atom. The number of hydrogen-bond acceptors (Lipinski definition) is 7. The first-order valence-corrected chi connectivity index (χ1v) is 8.94. The number of hydrogen-bond donors (Lipinski definition) is 1. The zero-order valence-corrected chi connectivity index (χ0v) is 15.1. The van der Waals surface area contributed by atoms with Gasteiger partial charge in [0.15, 0.2) is 11.5 Å². The second-order valence-corrected chi connectivity index (χ2v) is 6.50. The van der Waals surface area contributed by atoms with Crippen LogP contribution in [0.15, 0.2) is 41.2 Å². The molecule has 1 aliphatic heterocycles. The Bertz CT molecular complexity index is 934. The Hall–Kier alpha value is -3.29. The van der Waals surface area contributed by atoms with Gasteiger partial charge in [0.2, 0.25) is 5.95 Å². The van der Waals surface area contributed by atoms with Crippen molar-refractivity contribution in [3.05, 3.63) is 53.7 Å². The maximum absolute atomic E-state index is 12.4. The van der Waals surface area contributed by atoms with Crippen molar-refractivity contribution in [3.63, 3.8) is 0 Å². The van der Waals surface area contributed by atoms with Crippen molar-refractivity contribution in [2.75, 3.05) is 18.0 Å². The third-order valence-corrected chi connectivity index (χ3v) is 4.40. The fraction of sp³-hybridized carbons (Fsp3) is 0.316. The number of aryl methyl sites for hydroxylation is 1. The maximum atomic E-state index is 12.4. The van der Waals surface area contributed by atoms with Crippen LogP contribution < -0.4 is 10.2 Å². The number of nitrogens with one attached hydrogen (secondary N) is 1. The summed E-state index contributed by atoms with van der Waals surface area (Å²) in [7, 11) is 0. The molecule has 8 nitrogen and oxygen atoms in total. The third-order valence-electron chi connectivity index (χ3n) is 4.40. The van der Waals surface area contributed by atoms with Crippen LogP contribution in [0.1, 0.15) is 34.7 Å². The van der Waals surface area contributed by atoms with E-state index in [9.17, 15) is 4.79 Å². The Kier molecular flexibility index (Phi) is 4.78. The van der Waals surface area contributed by atoms with Crippen LogP contribution >= 0.6 is 0 Å². The molecule has 138 valence electrons. The maximum Gasteiger partial charge on any atom is 0.273 e. The molecule has 1 aliphatic rings. The number of carbonyl (C=O) groups is 1. The molecule has 4 rings (SSSR count). The molecule has 0 spiro atoms. The minimum absolute atomic E-state index is 0.222. The van der Waals surface area contributed by atoms with Crippen LogP contribution in [0, 0.1) is 6.92 Å². The van der Waals surface area contributed by atoms with Gasteiger partial charge in [-0.15, -0.1) is 0 Å². The van der Waals surface area contributed by atoms with E-state index in [1.165, 1.54) is 0 Å². The molecule has 1 N–H and O–H groups in total. The van der Waals surface area contributed by atoms with Crippen LogP contribution in [0.5, 0.6) is 0 Å². The molecule has 1 saturated heterocycles. The Morgan fingerprint density at radius 3 is 2.89 bits per heavy atom. The molecule has 0 radical (unpaired) electrons. The highest BCUT2D eigenvalue weighted by atomic mass is 16.5. The van der Waals surface area contributed by atoms with E-state index < -0.39 is 0 Å². The highest BCUT2D eigenvalue weighted by Crippen LogP contribution is 2.19. The molecule has 0 saturated carbocycles. The molecule has 0 bridgehead atoms. The molecule has 3 aromatic rings. The van der Waals surface area contributed by atoms with Gasteiger partial charge in [-0.3, -0.25) is 9.78 Å². The first kappa shape index (κ1) is 17.1. The lowest BCUT2D eigenvalue weighted by Crippen LogP contribution is -2.25. The Morgan fingerprint density at radius 2 is 2.11 bits per heavy atom. The molecule has 0 atom stereocenters. The average Bonchev–Trinajstić information content (AvgIpc) is 3.38. The Labute approximate surface area is 156 Å². The number of carbonyl (C=O) groups excluding carboxylic acids is 1. The first-order valence-electron chi connectivity index (χ1n) is 8.94. The van der Waals surface area contributed by atoms with Crippen molar-refractivity contribution in [3.8, 4) is 11.3 Å². The molecule has 1 amide bonds. The van der Waals surface area contributed by atoms with Crippen LogP contribution in [-0.2, 0) is 6.54 Å². The molecule has 3 aromatic heterocycles. The monoisotopic (exact) mass is 364 g/mol. The summed E-state index contributed by atoms with van der Waals surface area (Å²) in [5.74, 6) is 0.923. The third kappa shape index (κ3) is 3.94. The quantitative estimate of drug-likeness (QED) is 0.742. The van der Waals surface area contributed by atoms with Crippen LogP contribution in [-0.4, -0.2) is 39.1 Å². The van der Waals surface area contributed by atoms with E-state index in [4.69, 9.17) is 4.52 Å². The van der Waals surface area contributed by atoms with Gasteiger partial charge in [0.25, 0.3) is 5.91 Å². The predicted octanol–water partition coefficient (Wildman–Crippen LogP) is 2.37. The molecular weight excluding hydrogens is 344 g/mol. The predicted molar refractivity (Wildman–Crippen MR) is 99.1 cm³/mol. The first-order chi connectivity index (χ1) is 13.2. The molecule has 0 unspecified atom stereocenters. The van der Waals surface area contributed by atoms with Crippen LogP contribution in [0.25, 0.3) is 11.3 Å². The highest BCUT2D eigenvalue weighted by molar-refractivity contribution is 5.92. The number of aromatic nitrogens is 4. The van der Waals surface area contributed by atoms with Gasteiger partial charge in [-0.2, -0.15) is 0 Å². The van der Waals surface area contributed by atoms with E-state index in [1.54, 1.807) is 24.5 Å². The van der Waals surface area contributed by atoms with E-state index in [-0.39, 0.29) is 11.6 Å². The minimum atomic E-state index is -0.312. The van der Waals surface area contributed by atoms with Gasteiger partial charge in [-0.1, -0.05) is 5.16 Å². The summed E-state index contributed by atoms with van der Waals surface area (Å²) in [6.07, 6.45) is 5.66. The second-order valence-electron chi connectivity index (χ2n) is 6.50. The number of nitrogens with zero attached hydrogens (tertiary/aromatic N) is 5. The second kappa shape index (κ2) is 7.53. The molecule has 1 fully saturated rings. The number of pyridine rings is 1. The normalized spacial score (nSPS) is 13.7. The SMILES string of the molecule is Cc1cc(CNC(=O)c2cc(-c3cccnc3)on2)nc(N2CCCC2)n1. The molecule has 8 heteroatoms. The number of rotatable bonds is 5. The fourth-order valence-electron chi connectivity index (χ4n) is 3.05. The average molecular weight is 364 g/mol. The molecule has 0 aromatic carbocycles. The minimum Gasteiger partial charge on any atom is -0.355 e. The van der Waals surface area contributed by atoms with Gasteiger partial charge in [0.05, 0.1) is 12.2 Å². The van der Waals surface area contributed by atoms with Crippen molar-refractivity contribution in [2.24, 2.45) is 0 Å². The smallest absolute Gasteiger partial charge is 0.273 e. The van der Waals surface area contributed by atoms with Gasteiger partial charge in [0, 0.05) is 42.8 Å². The zero-order chi connectivity index (χ0) is 18.6. The van der Waals surface area contributed by atoms with Crippen LogP contribution in [0.2, 0.25) is 0 Å². The van der Waals surface area contributed by atoms with Gasteiger partial charge >= 0.3 is 0 Å². The lowest BCUT2D eigenvalue weighted by atomic mass is 10.2. The van der Waals surface area contributed by atoms with Crippen molar-refractivity contribution < 1.29 is 9.32 Å². The van der Waals surface area contributed by atoms with Crippen LogP contribution in [0.4, 0.5) is 5.95 Å². The summed E-state index contributed by atoms with van der Waals surface area (Å²) in [4.78, 5) is 27.7. The lowest BCUT2D eigenvalue weighted by Gasteiger charge is -2.16.